The van der Waals surface area contributed by atoms with E-state index in [1.165, 1.54) is 5.56 Å². The van der Waals surface area contributed by atoms with Gasteiger partial charge in [-0.05, 0) is 23.6 Å². The summed E-state index contributed by atoms with van der Waals surface area (Å²) in [5.74, 6) is 1.03. The van der Waals surface area contributed by atoms with Crippen LogP contribution in [0.15, 0.2) is 48.5 Å². The van der Waals surface area contributed by atoms with Crippen molar-refractivity contribution in [3.05, 3.63) is 65.2 Å². The molecule has 2 aromatic rings. The highest BCUT2D eigenvalue weighted by Gasteiger charge is 2.25. The summed E-state index contributed by atoms with van der Waals surface area (Å²) < 4.78 is 5.86. The third-order valence-electron chi connectivity index (χ3n) is 3.54. The summed E-state index contributed by atoms with van der Waals surface area (Å²) in [7, 11) is 0. The van der Waals surface area contributed by atoms with Crippen molar-refractivity contribution in [1.29, 1.82) is 0 Å². The molecule has 0 fully saturated rings. The van der Waals surface area contributed by atoms with E-state index in [4.69, 9.17) is 4.74 Å². The zero-order valence-electron chi connectivity index (χ0n) is 11.6. The molecular weight excluding hydrogens is 250 g/mol. The number of hydrogen-bond donors (Lipinski definition) is 1. The lowest BCUT2D eigenvalue weighted by molar-refractivity contribution is 0.0756. The van der Waals surface area contributed by atoms with Crippen LogP contribution in [0.1, 0.15) is 47.5 Å². The van der Waals surface area contributed by atoms with Gasteiger partial charge in [-0.3, -0.25) is 4.79 Å². The van der Waals surface area contributed by atoms with Gasteiger partial charge < -0.3 is 10.1 Å². The fourth-order valence-corrected chi connectivity index (χ4v) is 2.32. The van der Waals surface area contributed by atoms with E-state index in [2.05, 4.69) is 31.3 Å². The third kappa shape index (κ3) is 2.27. The summed E-state index contributed by atoms with van der Waals surface area (Å²) in [6.45, 7) is 4.31. The molecule has 0 saturated heterocycles. The Labute approximate surface area is 118 Å². The van der Waals surface area contributed by atoms with E-state index < -0.39 is 6.23 Å². The molecule has 3 heteroatoms. The Morgan fingerprint density at radius 1 is 1.05 bits per heavy atom. The summed E-state index contributed by atoms with van der Waals surface area (Å²) in [5, 5.41) is 2.88. The molecule has 1 heterocycles. The second-order valence-electron chi connectivity index (χ2n) is 5.29. The topological polar surface area (TPSA) is 38.3 Å². The van der Waals surface area contributed by atoms with Crippen LogP contribution in [0.2, 0.25) is 0 Å². The zero-order valence-corrected chi connectivity index (χ0v) is 11.6. The smallest absolute Gasteiger partial charge is 0.258 e. The highest BCUT2D eigenvalue weighted by atomic mass is 16.5. The molecule has 3 rings (SSSR count). The van der Waals surface area contributed by atoms with E-state index in [1.54, 1.807) is 6.07 Å². The standard InChI is InChI=1S/C17H17NO2/c1-11(2)12-7-9-13(10-8-12)17-18-16(19)14-5-3-4-6-15(14)20-17/h3-11,17H,1-2H3,(H,18,19)/t17-/m1/s1. The van der Waals surface area contributed by atoms with Crippen molar-refractivity contribution in [3.63, 3.8) is 0 Å². The molecule has 2 aromatic carbocycles. The molecule has 20 heavy (non-hydrogen) atoms. The van der Waals surface area contributed by atoms with Crippen LogP contribution >= 0.6 is 0 Å². The fourth-order valence-electron chi connectivity index (χ4n) is 2.32. The van der Waals surface area contributed by atoms with Crippen LogP contribution in [0.3, 0.4) is 0 Å². The van der Waals surface area contributed by atoms with Crippen LogP contribution in [-0.2, 0) is 0 Å². The molecule has 1 amide bonds. The Morgan fingerprint density at radius 2 is 1.75 bits per heavy atom. The summed E-state index contributed by atoms with van der Waals surface area (Å²) >= 11 is 0. The minimum absolute atomic E-state index is 0.0928. The molecule has 0 bridgehead atoms. The molecule has 1 atom stereocenters. The SMILES string of the molecule is CC(C)c1ccc([C@@H]2NC(=O)c3ccccc3O2)cc1. The Morgan fingerprint density at radius 3 is 2.45 bits per heavy atom. The van der Waals surface area contributed by atoms with Gasteiger partial charge >= 0.3 is 0 Å². The minimum atomic E-state index is -0.418. The molecule has 0 radical (unpaired) electrons. The van der Waals surface area contributed by atoms with Crippen LogP contribution in [-0.4, -0.2) is 5.91 Å². The Kier molecular flexibility index (Phi) is 3.18. The van der Waals surface area contributed by atoms with Crippen LogP contribution in [0, 0.1) is 0 Å². The van der Waals surface area contributed by atoms with Crippen molar-refractivity contribution >= 4 is 5.91 Å². The van der Waals surface area contributed by atoms with Gasteiger partial charge in [0.25, 0.3) is 5.91 Å². The van der Waals surface area contributed by atoms with E-state index in [1.807, 2.05) is 30.3 Å². The van der Waals surface area contributed by atoms with Crippen LogP contribution in [0.5, 0.6) is 5.75 Å². The molecule has 0 spiro atoms. The van der Waals surface area contributed by atoms with Gasteiger partial charge in [0.05, 0.1) is 5.56 Å². The molecule has 0 aromatic heterocycles. The van der Waals surface area contributed by atoms with E-state index >= 15 is 0 Å². The highest BCUT2D eigenvalue weighted by Crippen LogP contribution is 2.29. The van der Waals surface area contributed by atoms with Gasteiger partial charge in [-0.25, -0.2) is 0 Å². The minimum Gasteiger partial charge on any atom is -0.466 e. The molecule has 0 saturated carbocycles. The summed E-state index contributed by atoms with van der Waals surface area (Å²) in [5.41, 5.74) is 2.82. The second-order valence-corrected chi connectivity index (χ2v) is 5.29. The maximum absolute atomic E-state index is 12.1. The predicted molar refractivity (Wildman–Crippen MR) is 77.8 cm³/mol. The number of rotatable bonds is 2. The lowest BCUT2D eigenvalue weighted by Crippen LogP contribution is -2.36. The number of benzene rings is 2. The summed E-state index contributed by atoms with van der Waals surface area (Å²) in [6.07, 6.45) is -0.418. The van der Waals surface area contributed by atoms with Crippen molar-refractivity contribution in [2.24, 2.45) is 0 Å². The van der Waals surface area contributed by atoms with Crippen molar-refractivity contribution in [3.8, 4) is 5.75 Å². The third-order valence-corrected chi connectivity index (χ3v) is 3.54. The number of nitrogens with one attached hydrogen (secondary N) is 1. The molecule has 1 N–H and O–H groups in total. The average molecular weight is 267 g/mol. The van der Waals surface area contributed by atoms with Crippen molar-refractivity contribution < 1.29 is 9.53 Å². The highest BCUT2D eigenvalue weighted by molar-refractivity contribution is 5.97. The van der Waals surface area contributed by atoms with E-state index in [0.717, 1.165) is 5.56 Å². The predicted octanol–water partition coefficient (Wildman–Crippen LogP) is 3.63. The maximum atomic E-state index is 12.1. The molecule has 1 aliphatic heterocycles. The number of fused-ring (bicyclic) bond motifs is 1. The van der Waals surface area contributed by atoms with Gasteiger partial charge in [0.1, 0.15) is 5.75 Å². The summed E-state index contributed by atoms with van der Waals surface area (Å²) in [6, 6.07) is 15.5. The summed E-state index contributed by atoms with van der Waals surface area (Å²) in [4.78, 5) is 12.1. The van der Waals surface area contributed by atoms with E-state index in [0.29, 0.717) is 17.2 Å². The first kappa shape index (κ1) is 12.7. The lowest BCUT2D eigenvalue weighted by Gasteiger charge is -2.27. The van der Waals surface area contributed by atoms with Gasteiger partial charge in [-0.2, -0.15) is 0 Å². The first-order valence-electron chi connectivity index (χ1n) is 6.81. The number of hydrogen-bond acceptors (Lipinski definition) is 2. The first-order valence-corrected chi connectivity index (χ1v) is 6.81. The quantitative estimate of drug-likeness (QED) is 0.902. The van der Waals surface area contributed by atoms with Gasteiger partial charge in [0.15, 0.2) is 6.23 Å². The maximum Gasteiger partial charge on any atom is 0.258 e. The first-order chi connectivity index (χ1) is 9.65. The Hall–Kier alpha value is -2.29. The number of carbonyl (C=O) groups excluding carboxylic acids is 1. The zero-order chi connectivity index (χ0) is 14.1. The molecular formula is C17H17NO2. The van der Waals surface area contributed by atoms with Gasteiger partial charge in [0, 0.05) is 5.56 Å². The normalized spacial score (nSPS) is 17.4. The average Bonchev–Trinajstić information content (AvgIpc) is 2.47. The number of para-hydroxylation sites is 1. The Balaban J connectivity index is 1.88. The number of carbonyl (C=O) groups is 1. The largest absolute Gasteiger partial charge is 0.466 e. The van der Waals surface area contributed by atoms with Gasteiger partial charge in [-0.15, -0.1) is 0 Å². The fraction of sp³-hybridized carbons (Fsp3) is 0.235. The van der Waals surface area contributed by atoms with Crippen LogP contribution in [0.4, 0.5) is 0 Å². The van der Waals surface area contributed by atoms with Crippen LogP contribution in [0.25, 0.3) is 0 Å². The monoisotopic (exact) mass is 267 g/mol. The molecule has 102 valence electrons. The van der Waals surface area contributed by atoms with E-state index in [9.17, 15) is 4.79 Å². The molecule has 1 aliphatic rings. The van der Waals surface area contributed by atoms with Crippen molar-refractivity contribution in [2.75, 3.05) is 0 Å². The van der Waals surface area contributed by atoms with Gasteiger partial charge in [0.2, 0.25) is 0 Å². The van der Waals surface area contributed by atoms with Gasteiger partial charge in [-0.1, -0.05) is 50.2 Å². The molecule has 3 nitrogen and oxygen atoms in total. The van der Waals surface area contributed by atoms with Crippen LogP contribution < -0.4 is 10.1 Å². The van der Waals surface area contributed by atoms with Crippen molar-refractivity contribution in [2.45, 2.75) is 26.0 Å². The number of amides is 1. The van der Waals surface area contributed by atoms with E-state index in [-0.39, 0.29) is 5.91 Å². The molecule has 0 aliphatic carbocycles. The van der Waals surface area contributed by atoms with Crippen molar-refractivity contribution in [1.82, 2.24) is 5.32 Å². The Bertz CT molecular complexity index is 632. The lowest BCUT2D eigenvalue weighted by atomic mass is 10.0. The second kappa shape index (κ2) is 5.00. The molecule has 0 unspecified atom stereocenters. The number of ether oxygens (including phenoxy) is 1.